The number of hydrogen-bond donors (Lipinski definition) is 2. The fraction of sp³-hybridized carbons (Fsp3) is 0.480. The van der Waals surface area contributed by atoms with Crippen LogP contribution in [0.15, 0.2) is 47.4 Å². The van der Waals surface area contributed by atoms with Gasteiger partial charge < -0.3 is 19.5 Å². The van der Waals surface area contributed by atoms with Crippen LogP contribution in [0.25, 0.3) is 0 Å². The van der Waals surface area contributed by atoms with Crippen LogP contribution in [0.1, 0.15) is 31.9 Å². The quantitative estimate of drug-likeness (QED) is 0.343. The van der Waals surface area contributed by atoms with Crippen molar-refractivity contribution in [1.29, 1.82) is 0 Å². The molecule has 1 unspecified atom stereocenters. The molecule has 17 heteroatoms. The van der Waals surface area contributed by atoms with Crippen LogP contribution in [-0.4, -0.2) is 72.7 Å². The minimum atomic E-state index is -5.13. The molecule has 1 saturated heterocycles. The van der Waals surface area contributed by atoms with Gasteiger partial charge in [0.15, 0.2) is 11.6 Å². The molecule has 2 aromatic rings. The molecular formula is C25H28F7N3O6S. The van der Waals surface area contributed by atoms with Crippen molar-refractivity contribution in [1.82, 2.24) is 14.5 Å². The van der Waals surface area contributed by atoms with Crippen molar-refractivity contribution >= 4 is 16.1 Å². The molecular weight excluding hydrogens is 603 g/mol. The predicted octanol–water partition coefficient (Wildman–Crippen LogP) is 4.46. The smallest absolute Gasteiger partial charge is 0.444 e. The zero-order chi connectivity index (χ0) is 31.7. The fourth-order valence-corrected chi connectivity index (χ4v) is 5.62. The number of aliphatic hydroxyl groups is 1. The summed E-state index contributed by atoms with van der Waals surface area (Å²) in [5.41, 5.74) is -1.93. The summed E-state index contributed by atoms with van der Waals surface area (Å²) < 4.78 is 127. The van der Waals surface area contributed by atoms with Gasteiger partial charge in [-0.15, -0.1) is 13.2 Å². The molecule has 0 aromatic heterocycles. The van der Waals surface area contributed by atoms with Crippen molar-refractivity contribution in [2.45, 2.75) is 62.6 Å². The number of alkyl halides is 6. The minimum absolute atomic E-state index is 0.0537. The van der Waals surface area contributed by atoms with Gasteiger partial charge in [0.05, 0.1) is 16.5 Å². The standard InChI is InChI=1S/C25H28F7N3O6S/c1-23(2,3)41-22(37)34-10-11-35(42(38,39)17-7-5-16(6-8-17)24(27,28)29)19(14-34)21(36)33-13-15-4-9-20(18(26)12-15)40-25(30,31)32/h4-9,12,19,21,33,36H,10-11,13-14H2,1-3H3/t19-,21?/m1/s1. The van der Waals surface area contributed by atoms with Crippen LogP contribution in [0.3, 0.4) is 0 Å². The van der Waals surface area contributed by atoms with Crippen molar-refractivity contribution in [3.63, 3.8) is 0 Å². The number of aliphatic hydroxyl groups excluding tert-OH is 1. The highest BCUT2D eigenvalue weighted by Crippen LogP contribution is 2.31. The Hall–Kier alpha value is -3.15. The first kappa shape index (κ1) is 33.4. The number of ether oxygens (including phenoxy) is 2. The number of nitrogens with one attached hydrogen (secondary N) is 1. The van der Waals surface area contributed by atoms with Gasteiger partial charge >= 0.3 is 18.6 Å². The average Bonchev–Trinajstić information content (AvgIpc) is 2.86. The van der Waals surface area contributed by atoms with Gasteiger partial charge in [-0.2, -0.15) is 17.5 Å². The van der Waals surface area contributed by atoms with Crippen molar-refractivity contribution < 1.29 is 58.5 Å². The van der Waals surface area contributed by atoms with Crippen molar-refractivity contribution in [3.05, 3.63) is 59.4 Å². The summed E-state index contributed by atoms with van der Waals surface area (Å²) in [4.78, 5) is 13.3. The SMILES string of the molecule is CC(C)(C)OC(=O)N1CCN(S(=O)(=O)c2ccc(C(F)(F)F)cc2)[C@@H](C(O)NCc2ccc(OC(F)(F)F)c(F)c2)C1. The number of amides is 1. The van der Waals surface area contributed by atoms with Gasteiger partial charge in [-0.25, -0.2) is 17.6 Å². The van der Waals surface area contributed by atoms with E-state index in [0.717, 1.165) is 33.5 Å². The minimum Gasteiger partial charge on any atom is -0.444 e. The maximum absolute atomic E-state index is 14.1. The molecule has 1 aliphatic rings. The van der Waals surface area contributed by atoms with Crippen molar-refractivity contribution in [2.75, 3.05) is 19.6 Å². The Morgan fingerprint density at radius 1 is 1.05 bits per heavy atom. The highest BCUT2D eigenvalue weighted by Gasteiger charge is 2.42. The van der Waals surface area contributed by atoms with Crippen LogP contribution < -0.4 is 10.1 Å². The Balaban J connectivity index is 1.85. The second-order valence-electron chi connectivity index (χ2n) is 10.3. The third-order valence-electron chi connectivity index (χ3n) is 5.91. The number of carbonyl (C=O) groups excluding carboxylic acids is 1. The molecule has 0 bridgehead atoms. The molecule has 0 saturated carbocycles. The van der Waals surface area contributed by atoms with Gasteiger partial charge in [-0.05, 0) is 62.7 Å². The van der Waals surface area contributed by atoms with Gasteiger partial charge in [-0.3, -0.25) is 5.32 Å². The topological polar surface area (TPSA) is 108 Å². The number of piperazine rings is 1. The molecule has 2 aromatic carbocycles. The van der Waals surface area contributed by atoms with Crippen molar-refractivity contribution in [3.8, 4) is 5.75 Å². The summed E-state index contributed by atoms with van der Waals surface area (Å²) in [7, 11) is -4.51. The Labute approximate surface area is 236 Å². The van der Waals surface area contributed by atoms with E-state index in [-0.39, 0.29) is 25.2 Å². The Kier molecular flexibility index (Phi) is 9.71. The molecule has 1 amide bonds. The molecule has 1 aliphatic heterocycles. The zero-order valence-electron chi connectivity index (χ0n) is 22.5. The van der Waals surface area contributed by atoms with E-state index < -0.39 is 75.1 Å². The Morgan fingerprint density at radius 2 is 1.67 bits per heavy atom. The maximum Gasteiger partial charge on any atom is 0.573 e. The number of rotatable bonds is 7. The van der Waals surface area contributed by atoms with E-state index in [9.17, 15) is 49.1 Å². The van der Waals surface area contributed by atoms with Gasteiger partial charge in [-0.1, -0.05) is 6.07 Å². The maximum atomic E-state index is 14.1. The number of sulfonamides is 1. The van der Waals surface area contributed by atoms with E-state index in [1.807, 2.05) is 0 Å². The molecule has 0 spiro atoms. The number of hydrogen-bond acceptors (Lipinski definition) is 7. The van der Waals surface area contributed by atoms with Crippen LogP contribution in [0.2, 0.25) is 0 Å². The van der Waals surface area contributed by atoms with E-state index in [0.29, 0.717) is 18.2 Å². The lowest BCUT2D eigenvalue weighted by Crippen LogP contribution is -2.63. The Morgan fingerprint density at radius 3 is 2.19 bits per heavy atom. The third-order valence-corrected chi connectivity index (χ3v) is 7.85. The van der Waals surface area contributed by atoms with Crippen LogP contribution in [0.5, 0.6) is 5.75 Å². The van der Waals surface area contributed by atoms with Crippen LogP contribution in [0.4, 0.5) is 35.5 Å². The number of carbonyl (C=O) groups is 1. The van der Waals surface area contributed by atoms with Gasteiger partial charge in [0.25, 0.3) is 0 Å². The third kappa shape index (κ3) is 8.68. The zero-order valence-corrected chi connectivity index (χ0v) is 23.3. The second-order valence-corrected chi connectivity index (χ2v) is 12.2. The molecule has 234 valence electrons. The summed E-state index contributed by atoms with van der Waals surface area (Å²) in [6, 6.07) is 3.82. The van der Waals surface area contributed by atoms with Crippen LogP contribution in [-0.2, 0) is 27.5 Å². The highest BCUT2D eigenvalue weighted by molar-refractivity contribution is 7.89. The molecule has 1 fully saturated rings. The molecule has 1 heterocycles. The fourth-order valence-electron chi connectivity index (χ4n) is 4.01. The first-order valence-corrected chi connectivity index (χ1v) is 13.7. The van der Waals surface area contributed by atoms with E-state index in [2.05, 4.69) is 10.1 Å². The molecule has 2 N–H and O–H groups in total. The van der Waals surface area contributed by atoms with Crippen LogP contribution in [0, 0.1) is 5.82 Å². The van der Waals surface area contributed by atoms with E-state index in [1.165, 1.54) is 0 Å². The first-order valence-electron chi connectivity index (χ1n) is 12.3. The first-order chi connectivity index (χ1) is 19.2. The lowest BCUT2D eigenvalue weighted by atomic mass is 10.1. The summed E-state index contributed by atoms with van der Waals surface area (Å²) in [5.74, 6) is -2.43. The summed E-state index contributed by atoms with van der Waals surface area (Å²) in [5, 5.41) is 13.5. The molecule has 0 radical (unpaired) electrons. The molecule has 9 nitrogen and oxygen atoms in total. The van der Waals surface area contributed by atoms with Gasteiger partial charge in [0.1, 0.15) is 11.8 Å². The molecule has 0 aliphatic carbocycles. The van der Waals surface area contributed by atoms with Gasteiger partial charge in [0, 0.05) is 26.2 Å². The molecule has 2 atom stereocenters. The largest absolute Gasteiger partial charge is 0.573 e. The lowest BCUT2D eigenvalue weighted by Gasteiger charge is -2.42. The molecule has 3 rings (SSSR count). The van der Waals surface area contributed by atoms with E-state index >= 15 is 0 Å². The van der Waals surface area contributed by atoms with E-state index in [1.54, 1.807) is 20.8 Å². The summed E-state index contributed by atoms with van der Waals surface area (Å²) in [6.07, 6.45) is -12.4. The lowest BCUT2D eigenvalue weighted by molar-refractivity contribution is -0.275. The second kappa shape index (κ2) is 12.2. The van der Waals surface area contributed by atoms with Crippen molar-refractivity contribution in [2.24, 2.45) is 0 Å². The van der Waals surface area contributed by atoms with E-state index in [4.69, 9.17) is 4.74 Å². The number of nitrogens with zero attached hydrogens (tertiary/aromatic N) is 2. The number of halogens is 7. The monoisotopic (exact) mass is 631 g/mol. The summed E-state index contributed by atoms with van der Waals surface area (Å²) >= 11 is 0. The number of benzene rings is 2. The average molecular weight is 632 g/mol. The molecule has 42 heavy (non-hydrogen) atoms. The van der Waals surface area contributed by atoms with Crippen LogP contribution >= 0.6 is 0 Å². The normalized spacial score (nSPS) is 18.1. The Bertz CT molecular complexity index is 1360. The predicted molar refractivity (Wildman–Crippen MR) is 133 cm³/mol. The van der Waals surface area contributed by atoms with Gasteiger partial charge in [0.2, 0.25) is 10.0 Å². The summed E-state index contributed by atoms with van der Waals surface area (Å²) in [6.45, 7) is 3.50. The highest BCUT2D eigenvalue weighted by atomic mass is 32.2.